The molecule has 12 heteroatoms. The van der Waals surface area contributed by atoms with E-state index in [1.165, 1.54) is 25.7 Å². The maximum Gasteiger partial charge on any atom is 0.268 e. The Morgan fingerprint density at radius 2 is 1.86 bits per heavy atom. The Kier molecular flexibility index (Phi) is 9.21. The Morgan fingerprint density at radius 1 is 1.11 bits per heavy atom. The molecule has 0 unspecified atom stereocenters. The molecule has 3 aromatic rings. The van der Waals surface area contributed by atoms with Gasteiger partial charge < -0.3 is 14.2 Å². The van der Waals surface area contributed by atoms with Gasteiger partial charge in [-0.25, -0.2) is 8.42 Å². The summed E-state index contributed by atoms with van der Waals surface area (Å²) < 4.78 is 44.4. The number of nitrogens with one attached hydrogen (secondary N) is 1. The third-order valence-corrected chi connectivity index (χ3v) is 7.48. The molecule has 1 aromatic heterocycles. The van der Waals surface area contributed by atoms with E-state index in [0.29, 0.717) is 35.2 Å². The van der Waals surface area contributed by atoms with Gasteiger partial charge in [-0.3, -0.25) is 10.1 Å². The first-order valence-corrected chi connectivity index (χ1v) is 13.6. The average molecular weight is 543 g/mol. The van der Waals surface area contributed by atoms with E-state index in [1.807, 2.05) is 38.1 Å². The van der Waals surface area contributed by atoms with Gasteiger partial charge in [0, 0.05) is 11.5 Å². The van der Waals surface area contributed by atoms with Gasteiger partial charge in [-0.2, -0.15) is 14.6 Å². The second kappa shape index (κ2) is 12.3. The predicted molar refractivity (Wildman–Crippen MR) is 140 cm³/mol. The zero-order valence-corrected chi connectivity index (χ0v) is 22.4. The molecule has 3 rings (SSSR count). The fourth-order valence-electron chi connectivity index (χ4n) is 3.00. The highest BCUT2D eigenvalue weighted by Crippen LogP contribution is 2.29. The van der Waals surface area contributed by atoms with Gasteiger partial charge in [0.05, 0.1) is 12.9 Å². The summed E-state index contributed by atoms with van der Waals surface area (Å²) in [5, 5.41) is 11.5. The Balaban J connectivity index is 1.64. The smallest absolute Gasteiger partial charge is 0.268 e. The second-order valence-electron chi connectivity index (χ2n) is 7.76. The van der Waals surface area contributed by atoms with Crippen LogP contribution in [0.3, 0.4) is 0 Å². The van der Waals surface area contributed by atoms with Crippen molar-refractivity contribution < 1.29 is 27.4 Å². The van der Waals surface area contributed by atoms with E-state index in [9.17, 15) is 18.5 Å². The monoisotopic (exact) mass is 542 g/mol. The van der Waals surface area contributed by atoms with Crippen molar-refractivity contribution in [3.63, 3.8) is 0 Å². The minimum atomic E-state index is -3.60. The largest absolute Gasteiger partial charge is 0.493 e. The van der Waals surface area contributed by atoms with Crippen molar-refractivity contribution in [1.29, 1.82) is 5.26 Å². The van der Waals surface area contributed by atoms with Crippen molar-refractivity contribution in [2.24, 2.45) is 0 Å². The highest BCUT2D eigenvalue weighted by Gasteiger charge is 2.20. The number of amides is 1. The van der Waals surface area contributed by atoms with E-state index < -0.39 is 15.7 Å². The summed E-state index contributed by atoms with van der Waals surface area (Å²) in [5.41, 5.74) is 2.64. The molecule has 37 heavy (non-hydrogen) atoms. The van der Waals surface area contributed by atoms with Gasteiger partial charge in [0.15, 0.2) is 11.5 Å². The van der Waals surface area contributed by atoms with Crippen molar-refractivity contribution in [2.45, 2.75) is 25.9 Å². The first kappa shape index (κ1) is 27.6. The van der Waals surface area contributed by atoms with E-state index >= 15 is 0 Å². The number of anilines is 1. The lowest BCUT2D eigenvalue weighted by Crippen LogP contribution is -2.14. The predicted octanol–water partition coefficient (Wildman–Crippen LogP) is 3.96. The van der Waals surface area contributed by atoms with Crippen LogP contribution in [0.4, 0.5) is 5.13 Å². The topological polar surface area (TPSA) is 140 Å². The van der Waals surface area contributed by atoms with Crippen LogP contribution < -0.4 is 19.5 Å². The summed E-state index contributed by atoms with van der Waals surface area (Å²) in [4.78, 5) is 16.4. The van der Waals surface area contributed by atoms with Crippen LogP contribution in [0.25, 0.3) is 6.08 Å². The van der Waals surface area contributed by atoms with Crippen molar-refractivity contribution in [3.8, 4) is 23.3 Å². The van der Waals surface area contributed by atoms with Gasteiger partial charge in [0.25, 0.3) is 11.1 Å². The van der Waals surface area contributed by atoms with Crippen LogP contribution in [0.2, 0.25) is 0 Å². The molecule has 194 valence electrons. The lowest BCUT2D eigenvalue weighted by Gasteiger charge is -2.13. The number of hydrogen-bond acceptors (Lipinski definition) is 10. The molecule has 0 atom stereocenters. The summed E-state index contributed by atoms with van der Waals surface area (Å²) in [6, 6.07) is 12.7. The highest BCUT2D eigenvalue weighted by atomic mass is 32.2. The zero-order valence-electron chi connectivity index (χ0n) is 20.8. The van der Waals surface area contributed by atoms with E-state index in [-0.39, 0.29) is 28.2 Å². The van der Waals surface area contributed by atoms with Gasteiger partial charge in [-0.15, -0.1) is 0 Å². The van der Waals surface area contributed by atoms with Crippen LogP contribution in [-0.2, 0) is 14.6 Å². The van der Waals surface area contributed by atoms with E-state index in [1.54, 1.807) is 18.2 Å². The fraction of sp³-hybridized carbons (Fsp3) is 0.280. The van der Waals surface area contributed by atoms with Gasteiger partial charge in [0.1, 0.15) is 30.6 Å². The van der Waals surface area contributed by atoms with Gasteiger partial charge in [-0.1, -0.05) is 19.1 Å². The van der Waals surface area contributed by atoms with Crippen molar-refractivity contribution >= 4 is 38.5 Å². The van der Waals surface area contributed by atoms with E-state index in [2.05, 4.69) is 14.7 Å². The number of carbonyl (C=O) groups excluding carboxylic acids is 1. The van der Waals surface area contributed by atoms with Crippen LogP contribution in [0.1, 0.15) is 23.6 Å². The summed E-state index contributed by atoms with van der Waals surface area (Å²) >= 11 is 0.716. The molecule has 0 radical (unpaired) electrons. The molecule has 1 amide bonds. The van der Waals surface area contributed by atoms with E-state index in [4.69, 9.17) is 14.2 Å². The molecule has 0 aliphatic carbocycles. The molecule has 0 aliphatic rings. The average Bonchev–Trinajstić information content (AvgIpc) is 3.37. The lowest BCUT2D eigenvalue weighted by molar-refractivity contribution is -0.112. The lowest BCUT2D eigenvalue weighted by atomic mass is 10.1. The van der Waals surface area contributed by atoms with Crippen molar-refractivity contribution in [3.05, 3.63) is 58.7 Å². The molecule has 1 heterocycles. The molecule has 0 saturated carbocycles. The maximum atomic E-state index is 12.5. The molecule has 2 aromatic carbocycles. The third kappa shape index (κ3) is 7.28. The molecule has 0 aliphatic heterocycles. The Hall–Kier alpha value is -3.95. The molecule has 1 N–H and O–H groups in total. The van der Waals surface area contributed by atoms with Crippen LogP contribution >= 0.6 is 11.5 Å². The summed E-state index contributed by atoms with van der Waals surface area (Å²) in [7, 11) is -2.12. The van der Waals surface area contributed by atoms with Crippen LogP contribution in [0.15, 0.2) is 47.1 Å². The van der Waals surface area contributed by atoms with Gasteiger partial charge in [0.2, 0.25) is 15.0 Å². The molecule has 0 saturated heterocycles. The third-order valence-electron chi connectivity index (χ3n) is 5.24. The number of carbonyl (C=O) groups is 1. The molecular weight excluding hydrogens is 516 g/mol. The van der Waals surface area contributed by atoms with Crippen LogP contribution in [0, 0.1) is 25.2 Å². The SMILES string of the molecule is CCS(=O)(=O)c1nsc(NC(=O)C(C#N)=Cc2ccc(OCCOc3ccc(C)c(C)c3)c(OC)c2)n1. The maximum absolute atomic E-state index is 12.5. The minimum absolute atomic E-state index is 0.0254. The Labute approximate surface area is 219 Å². The van der Waals surface area contributed by atoms with Crippen molar-refractivity contribution in [1.82, 2.24) is 9.36 Å². The van der Waals surface area contributed by atoms with Crippen LogP contribution in [0.5, 0.6) is 17.2 Å². The first-order valence-electron chi connectivity index (χ1n) is 11.2. The molecule has 0 spiro atoms. The van der Waals surface area contributed by atoms with Gasteiger partial charge >= 0.3 is 0 Å². The number of aromatic nitrogens is 2. The Bertz CT molecular complexity index is 1460. The first-order chi connectivity index (χ1) is 17.7. The number of nitriles is 1. The highest BCUT2D eigenvalue weighted by molar-refractivity contribution is 7.91. The van der Waals surface area contributed by atoms with Crippen molar-refractivity contribution in [2.75, 3.05) is 31.4 Å². The molecule has 0 fully saturated rings. The molecule has 10 nitrogen and oxygen atoms in total. The van der Waals surface area contributed by atoms with E-state index in [0.717, 1.165) is 11.3 Å². The van der Waals surface area contributed by atoms with Crippen LogP contribution in [-0.4, -0.2) is 49.8 Å². The standard InChI is InChI=1S/C25H26N4O6S2/c1-5-37(31,32)25-28-24(36-29-25)27-23(30)19(15-26)13-18-7-9-21(22(14-18)33-4)35-11-10-34-20-8-6-16(2)17(3)12-20/h6-9,12-14H,5,10-11H2,1-4H3,(H,27,28,29,30). The van der Waals surface area contributed by atoms with Gasteiger partial charge in [-0.05, 0) is 60.9 Å². The summed E-state index contributed by atoms with van der Waals surface area (Å²) in [6.45, 7) is 6.14. The fourth-order valence-corrected chi connectivity index (χ4v) is 4.59. The minimum Gasteiger partial charge on any atom is -0.493 e. The second-order valence-corrected chi connectivity index (χ2v) is 10.7. The number of ether oxygens (including phenoxy) is 3. The quantitative estimate of drug-likeness (QED) is 0.216. The molecule has 0 bridgehead atoms. The zero-order chi connectivity index (χ0) is 27.0. The number of nitrogens with zero attached hydrogens (tertiary/aromatic N) is 3. The summed E-state index contributed by atoms with van der Waals surface area (Å²) in [6.07, 6.45) is 1.37. The number of aryl methyl sites for hydroxylation is 2. The Morgan fingerprint density at radius 3 is 2.54 bits per heavy atom. The number of benzene rings is 2. The number of rotatable bonds is 11. The number of methoxy groups -OCH3 is 1. The summed E-state index contributed by atoms with van der Waals surface area (Å²) in [5.74, 6) is 0.739. The normalized spacial score (nSPS) is 11.5. The number of hydrogen-bond donors (Lipinski definition) is 1. The number of sulfone groups is 1. The molecular formula is C25H26N4O6S2.